The van der Waals surface area contributed by atoms with Crippen LogP contribution >= 0.6 is 0 Å². The zero-order valence-corrected chi connectivity index (χ0v) is 10.8. The molecule has 0 aliphatic rings. The van der Waals surface area contributed by atoms with Crippen molar-refractivity contribution in [3.05, 3.63) is 0 Å². The summed E-state index contributed by atoms with van der Waals surface area (Å²) in [6, 6.07) is 0. The summed E-state index contributed by atoms with van der Waals surface area (Å²) in [7, 11) is 0. The van der Waals surface area contributed by atoms with Gasteiger partial charge in [0.25, 0.3) is 0 Å². The molecule has 0 spiro atoms. The van der Waals surface area contributed by atoms with Gasteiger partial charge in [-0.3, -0.25) is 0 Å². The van der Waals surface area contributed by atoms with Crippen LogP contribution in [-0.2, 0) is 0 Å². The SMILES string of the molecule is CCC(O)C(CCCO)(C(C)O)C(C)(C)O. The Bertz CT molecular complexity index is 198. The normalized spacial score (nSPS) is 20.2. The number of rotatable bonds is 7. The Kier molecular flexibility index (Phi) is 5.90. The summed E-state index contributed by atoms with van der Waals surface area (Å²) in [6.07, 6.45) is -0.334. The molecule has 16 heavy (non-hydrogen) atoms. The fourth-order valence-corrected chi connectivity index (χ4v) is 2.61. The lowest BCUT2D eigenvalue weighted by molar-refractivity contribution is -0.181. The zero-order chi connectivity index (χ0) is 13.0. The van der Waals surface area contributed by atoms with Crippen molar-refractivity contribution in [1.29, 1.82) is 0 Å². The lowest BCUT2D eigenvalue weighted by atomic mass is 9.63. The van der Waals surface area contributed by atoms with Gasteiger partial charge < -0.3 is 20.4 Å². The van der Waals surface area contributed by atoms with E-state index in [9.17, 15) is 15.3 Å². The maximum Gasteiger partial charge on any atom is 0.0697 e. The predicted molar refractivity (Wildman–Crippen MR) is 63.0 cm³/mol. The molecule has 0 heterocycles. The highest BCUT2D eigenvalue weighted by atomic mass is 16.3. The molecule has 3 unspecified atom stereocenters. The topological polar surface area (TPSA) is 80.9 Å². The van der Waals surface area contributed by atoms with Crippen molar-refractivity contribution in [1.82, 2.24) is 0 Å². The third kappa shape index (κ3) is 2.94. The van der Waals surface area contributed by atoms with Crippen LogP contribution in [0.4, 0.5) is 0 Å². The van der Waals surface area contributed by atoms with Crippen molar-refractivity contribution >= 4 is 0 Å². The van der Waals surface area contributed by atoms with Gasteiger partial charge in [-0.25, -0.2) is 0 Å². The van der Waals surface area contributed by atoms with Crippen LogP contribution in [0.25, 0.3) is 0 Å². The highest BCUT2D eigenvalue weighted by molar-refractivity contribution is 5.01. The van der Waals surface area contributed by atoms with Crippen LogP contribution in [0.1, 0.15) is 47.0 Å². The first-order chi connectivity index (χ1) is 7.24. The molecule has 0 fully saturated rings. The number of aliphatic hydroxyl groups excluding tert-OH is 3. The highest BCUT2D eigenvalue weighted by Crippen LogP contribution is 2.43. The number of aliphatic hydroxyl groups is 4. The van der Waals surface area contributed by atoms with E-state index in [1.807, 2.05) is 6.92 Å². The van der Waals surface area contributed by atoms with Gasteiger partial charge in [0, 0.05) is 6.61 Å². The zero-order valence-electron chi connectivity index (χ0n) is 10.8. The molecule has 0 aliphatic heterocycles. The Morgan fingerprint density at radius 2 is 1.69 bits per heavy atom. The first-order valence-electron chi connectivity index (χ1n) is 5.93. The van der Waals surface area contributed by atoms with E-state index in [2.05, 4.69) is 0 Å². The number of hydrogen-bond donors (Lipinski definition) is 4. The van der Waals surface area contributed by atoms with Gasteiger partial charge in [0.1, 0.15) is 0 Å². The third-order valence-corrected chi connectivity index (χ3v) is 3.61. The van der Waals surface area contributed by atoms with Crippen LogP contribution in [0.2, 0.25) is 0 Å². The van der Waals surface area contributed by atoms with Crippen molar-refractivity contribution in [3.63, 3.8) is 0 Å². The lowest BCUT2D eigenvalue weighted by Crippen LogP contribution is -2.57. The van der Waals surface area contributed by atoms with E-state index in [1.54, 1.807) is 20.8 Å². The Hall–Kier alpha value is -0.160. The monoisotopic (exact) mass is 234 g/mol. The van der Waals surface area contributed by atoms with Gasteiger partial charge in [-0.1, -0.05) is 6.92 Å². The molecular formula is C12H26O4. The van der Waals surface area contributed by atoms with E-state index in [4.69, 9.17) is 5.11 Å². The van der Waals surface area contributed by atoms with Crippen molar-refractivity contribution in [2.24, 2.45) is 5.41 Å². The minimum absolute atomic E-state index is 0.0129. The summed E-state index contributed by atoms with van der Waals surface area (Å²) in [5.41, 5.74) is -2.20. The first kappa shape index (κ1) is 15.8. The molecule has 0 radical (unpaired) electrons. The predicted octanol–water partition coefficient (Wildman–Crippen LogP) is 0.668. The van der Waals surface area contributed by atoms with E-state index in [0.717, 1.165) is 0 Å². The molecule has 4 N–H and O–H groups in total. The fourth-order valence-electron chi connectivity index (χ4n) is 2.61. The molecule has 0 rings (SSSR count). The van der Waals surface area contributed by atoms with Crippen molar-refractivity contribution in [2.45, 2.75) is 64.8 Å². The van der Waals surface area contributed by atoms with Gasteiger partial charge in [0.05, 0.1) is 23.2 Å². The van der Waals surface area contributed by atoms with Crippen molar-refractivity contribution in [2.75, 3.05) is 6.61 Å². The van der Waals surface area contributed by atoms with Crippen LogP contribution in [0.15, 0.2) is 0 Å². The average molecular weight is 234 g/mol. The number of hydrogen-bond acceptors (Lipinski definition) is 4. The molecule has 0 aromatic carbocycles. The van der Waals surface area contributed by atoms with Gasteiger partial charge in [-0.2, -0.15) is 0 Å². The molecule has 3 atom stereocenters. The quantitative estimate of drug-likeness (QED) is 0.522. The summed E-state index contributed by atoms with van der Waals surface area (Å²) in [6.45, 7) is 6.56. The van der Waals surface area contributed by atoms with Crippen LogP contribution in [0.3, 0.4) is 0 Å². The minimum Gasteiger partial charge on any atom is -0.396 e. The lowest BCUT2D eigenvalue weighted by Gasteiger charge is -2.49. The largest absolute Gasteiger partial charge is 0.396 e. The summed E-state index contributed by atoms with van der Waals surface area (Å²) in [5, 5.41) is 39.1. The molecule has 98 valence electrons. The summed E-state index contributed by atoms with van der Waals surface area (Å²) in [4.78, 5) is 0. The maximum absolute atomic E-state index is 10.2. The fraction of sp³-hybridized carbons (Fsp3) is 1.00. The highest BCUT2D eigenvalue weighted by Gasteiger charge is 2.51. The van der Waals surface area contributed by atoms with E-state index in [-0.39, 0.29) is 6.61 Å². The smallest absolute Gasteiger partial charge is 0.0697 e. The molecule has 0 aromatic heterocycles. The molecule has 0 saturated carbocycles. The average Bonchev–Trinajstić information content (AvgIpc) is 2.15. The second kappa shape index (κ2) is 5.96. The summed E-state index contributed by atoms with van der Waals surface area (Å²) >= 11 is 0. The standard InChI is InChI=1S/C12H26O4/c1-5-10(15)12(9(2)14,7-6-8-13)11(3,4)16/h9-10,13-16H,5-8H2,1-4H3. The van der Waals surface area contributed by atoms with E-state index in [1.165, 1.54) is 0 Å². The van der Waals surface area contributed by atoms with E-state index < -0.39 is 23.2 Å². The molecule has 0 aliphatic carbocycles. The molecule has 0 aromatic rings. The Morgan fingerprint density at radius 3 is 1.94 bits per heavy atom. The molecule has 0 bridgehead atoms. The Morgan fingerprint density at radius 1 is 1.19 bits per heavy atom. The van der Waals surface area contributed by atoms with Crippen LogP contribution in [-0.4, -0.2) is 44.8 Å². The van der Waals surface area contributed by atoms with E-state index >= 15 is 0 Å². The molecule has 0 amide bonds. The molecular weight excluding hydrogens is 208 g/mol. The van der Waals surface area contributed by atoms with E-state index in [0.29, 0.717) is 19.3 Å². The van der Waals surface area contributed by atoms with Crippen molar-refractivity contribution in [3.8, 4) is 0 Å². The minimum atomic E-state index is -1.20. The van der Waals surface area contributed by atoms with Gasteiger partial charge >= 0.3 is 0 Å². The van der Waals surface area contributed by atoms with Crippen LogP contribution < -0.4 is 0 Å². The molecule has 0 saturated heterocycles. The van der Waals surface area contributed by atoms with Gasteiger partial charge in [-0.05, 0) is 40.0 Å². The Balaban J connectivity index is 5.23. The Labute approximate surface area is 97.9 Å². The van der Waals surface area contributed by atoms with Crippen molar-refractivity contribution < 1.29 is 20.4 Å². The van der Waals surface area contributed by atoms with Gasteiger partial charge in [-0.15, -0.1) is 0 Å². The second-order valence-electron chi connectivity index (χ2n) is 5.03. The molecule has 4 nitrogen and oxygen atoms in total. The van der Waals surface area contributed by atoms with Gasteiger partial charge in [0.2, 0.25) is 0 Å². The summed E-state index contributed by atoms with van der Waals surface area (Å²) < 4.78 is 0. The first-order valence-corrected chi connectivity index (χ1v) is 5.93. The van der Waals surface area contributed by atoms with Gasteiger partial charge in [0.15, 0.2) is 0 Å². The second-order valence-corrected chi connectivity index (χ2v) is 5.03. The van der Waals surface area contributed by atoms with Crippen LogP contribution in [0.5, 0.6) is 0 Å². The molecule has 4 heteroatoms. The summed E-state index contributed by atoms with van der Waals surface area (Å²) in [5.74, 6) is 0. The van der Waals surface area contributed by atoms with Crippen LogP contribution in [0, 0.1) is 5.41 Å². The third-order valence-electron chi connectivity index (χ3n) is 3.61. The maximum atomic E-state index is 10.2.